The van der Waals surface area contributed by atoms with E-state index in [1.54, 1.807) is 30.5 Å². The summed E-state index contributed by atoms with van der Waals surface area (Å²) in [5, 5.41) is 3.77. The molecular formula is C54H50Br2Cl3F10N7O3. The Morgan fingerprint density at radius 1 is 0.468 bits per heavy atom. The molecule has 0 aliphatic rings. The van der Waals surface area contributed by atoms with Crippen molar-refractivity contribution >= 4 is 106 Å². The molecule has 424 valence electrons. The first-order chi connectivity index (χ1) is 35.5. The molecule has 2 amide bonds. The predicted octanol–water partition coefficient (Wildman–Crippen LogP) is 17.1. The van der Waals surface area contributed by atoms with Gasteiger partial charge in [-0.3, -0.25) is 19.4 Å². The van der Waals surface area contributed by atoms with Crippen LogP contribution in [-0.4, -0.2) is 37.3 Å². The minimum absolute atomic E-state index is 0. The number of anilines is 4. The highest BCUT2D eigenvalue weighted by atomic mass is 79.9. The summed E-state index contributed by atoms with van der Waals surface area (Å²) in [4.78, 5) is 45.9. The number of nitrogens with one attached hydrogen (secondary N) is 2. The Hall–Kier alpha value is -7.11. The number of hydrogen-bond acceptors (Lipinski definition) is 8. The van der Waals surface area contributed by atoms with E-state index in [-0.39, 0.29) is 58.4 Å². The van der Waals surface area contributed by atoms with Gasteiger partial charge in [0.15, 0.2) is 0 Å². The number of carbonyl (C=O) groups excluding carboxylic acids is 3. The first-order valence-electron chi connectivity index (χ1n) is 20.4. The van der Waals surface area contributed by atoms with Gasteiger partial charge in [-0.1, -0.05) is 47.9 Å². The minimum Gasteiger partial charge on any atom is -0.397 e. The first-order valence-corrected chi connectivity index (χ1v) is 23.4. The Balaban J connectivity index is 0. The third-order valence-corrected chi connectivity index (χ3v) is 9.82. The number of pyridine rings is 3. The second-order valence-electron chi connectivity index (χ2n) is 14.0. The van der Waals surface area contributed by atoms with Crippen molar-refractivity contribution in [2.24, 2.45) is 0 Å². The van der Waals surface area contributed by atoms with Crippen LogP contribution in [0.3, 0.4) is 0 Å². The number of nitrogens with two attached hydrogens (primary N) is 2. The molecule has 6 N–H and O–H groups in total. The zero-order valence-electron chi connectivity index (χ0n) is 37.7. The number of nitrogens with zero attached hydrogens (tertiary/aromatic N) is 3. The van der Waals surface area contributed by atoms with Crippen molar-refractivity contribution in [3.05, 3.63) is 241 Å². The highest BCUT2D eigenvalue weighted by Crippen LogP contribution is 2.20. The van der Waals surface area contributed by atoms with Gasteiger partial charge >= 0.3 is 0 Å². The van der Waals surface area contributed by atoms with Gasteiger partial charge in [0.25, 0.3) is 17.1 Å². The molecule has 10 nitrogen and oxygen atoms in total. The van der Waals surface area contributed by atoms with Gasteiger partial charge < -0.3 is 22.1 Å². The molecule has 0 bridgehead atoms. The van der Waals surface area contributed by atoms with Gasteiger partial charge in [0.2, 0.25) is 0 Å². The van der Waals surface area contributed by atoms with E-state index in [0.717, 1.165) is 89.5 Å². The summed E-state index contributed by atoms with van der Waals surface area (Å²) in [7, 11) is 0. The zero-order valence-corrected chi connectivity index (χ0v) is 43.1. The summed E-state index contributed by atoms with van der Waals surface area (Å²) in [6.45, 7) is 0. The molecule has 3 heterocycles. The molecule has 0 saturated heterocycles. The standard InChI is InChI=1S/C19H12F4N2O.C12H7BrF2N2O.C7H3ClF2O.C6H5F2N.C5H5BrN2.CH2Cl2.4CH4/c20-12-4-7-15(21)11(8-12)9-13-5-6-14(10-24-13)25-19(26)18-16(22)2-1-3-17(18)23;13-10-5-4-7(6-16-10)17-12(18)11-8(14)2-1-3-9(11)15;8-7(11)6-4(9)2-1-3-5(6)10;7-4-1-2-5(8)6(9)3-4;6-5-2-1-4(7)3-8-5;2-1-3;;;;/h1-8,10H,9H2,(H,25,26);1-6H,(H,17,18);1-3H;1-3H,9H2;1-3H,7H2;1H2;4*1H4. The maximum absolute atomic E-state index is 13.6. The molecular weight excluding hydrogens is 1250 g/mol. The van der Waals surface area contributed by atoms with Gasteiger partial charge in [-0.2, -0.15) is 0 Å². The van der Waals surface area contributed by atoms with E-state index < -0.39 is 91.9 Å². The molecule has 5 aromatic carbocycles. The number of amides is 2. The van der Waals surface area contributed by atoms with Crippen LogP contribution in [0.25, 0.3) is 0 Å². The molecule has 0 atom stereocenters. The lowest BCUT2D eigenvalue weighted by Crippen LogP contribution is -2.16. The van der Waals surface area contributed by atoms with Crippen LogP contribution in [0.4, 0.5) is 66.7 Å². The molecule has 0 aliphatic heterocycles. The number of rotatable bonds is 7. The molecule has 8 rings (SSSR count). The van der Waals surface area contributed by atoms with Gasteiger partial charge in [-0.05, 0) is 158 Å². The molecule has 79 heavy (non-hydrogen) atoms. The number of halogens is 15. The molecule has 0 fully saturated rings. The van der Waals surface area contributed by atoms with Crippen molar-refractivity contribution in [3.8, 4) is 0 Å². The van der Waals surface area contributed by atoms with Gasteiger partial charge in [-0.25, -0.2) is 53.9 Å². The third-order valence-electron chi connectivity index (χ3n) is 8.69. The Morgan fingerprint density at radius 2 is 0.848 bits per heavy atom. The largest absolute Gasteiger partial charge is 0.397 e. The quantitative estimate of drug-likeness (QED) is 0.0402. The average Bonchev–Trinajstić information content (AvgIpc) is 3.34. The molecule has 25 heteroatoms. The highest BCUT2D eigenvalue weighted by molar-refractivity contribution is 9.10. The third kappa shape index (κ3) is 25.5. The van der Waals surface area contributed by atoms with Gasteiger partial charge in [0, 0.05) is 12.1 Å². The van der Waals surface area contributed by atoms with Crippen molar-refractivity contribution in [2.75, 3.05) is 27.4 Å². The van der Waals surface area contributed by atoms with E-state index in [1.807, 2.05) is 0 Å². The van der Waals surface area contributed by atoms with Crippen molar-refractivity contribution in [3.63, 3.8) is 0 Å². The van der Waals surface area contributed by atoms with Crippen molar-refractivity contribution < 1.29 is 58.3 Å². The normalized spacial score (nSPS) is 9.41. The molecule has 8 aromatic rings. The SMILES string of the molecule is C.C.C.C.ClCCl.Nc1cc(F)ccc1F.Nc1ccc(Br)nc1.O=C(Cl)c1c(F)cccc1F.O=C(Nc1ccc(Br)nc1)c1c(F)cccc1F.O=C(Nc1ccc(Cc2cc(F)ccc2F)nc1)c1c(F)cccc1F. The van der Waals surface area contributed by atoms with Crippen molar-refractivity contribution in [1.82, 2.24) is 15.0 Å². The number of aromatic nitrogens is 3. The van der Waals surface area contributed by atoms with E-state index in [4.69, 9.17) is 46.3 Å². The maximum atomic E-state index is 13.6. The molecule has 0 aliphatic carbocycles. The van der Waals surface area contributed by atoms with Gasteiger partial charge in [0.05, 0.1) is 46.7 Å². The Kier molecular flexibility index (Phi) is 35.3. The van der Waals surface area contributed by atoms with E-state index in [2.05, 4.69) is 57.4 Å². The minimum atomic E-state index is -1.12. The Labute approximate surface area is 481 Å². The lowest BCUT2D eigenvalue weighted by atomic mass is 10.1. The van der Waals surface area contributed by atoms with Crippen LogP contribution in [0.2, 0.25) is 0 Å². The second kappa shape index (κ2) is 37.7. The number of benzene rings is 5. The number of hydrogen-bond donors (Lipinski definition) is 4. The van der Waals surface area contributed by atoms with Crippen LogP contribution in [0, 0.1) is 58.2 Å². The van der Waals surface area contributed by atoms with E-state index >= 15 is 0 Å². The van der Waals surface area contributed by atoms with Crippen LogP contribution in [0.15, 0.2) is 155 Å². The summed E-state index contributed by atoms with van der Waals surface area (Å²) in [6.07, 6.45) is 4.30. The highest BCUT2D eigenvalue weighted by Gasteiger charge is 2.19. The summed E-state index contributed by atoms with van der Waals surface area (Å²) in [5.74, 6) is -9.67. The van der Waals surface area contributed by atoms with E-state index in [9.17, 15) is 58.3 Å². The Bertz CT molecular complexity index is 3100. The van der Waals surface area contributed by atoms with E-state index in [0.29, 0.717) is 21.7 Å². The molecule has 0 radical (unpaired) electrons. The molecule has 3 aromatic heterocycles. The fourth-order valence-electron chi connectivity index (χ4n) is 5.33. The number of nitrogen functional groups attached to an aromatic ring is 2. The smallest absolute Gasteiger partial charge is 0.261 e. The molecule has 0 saturated carbocycles. The van der Waals surface area contributed by atoms with Crippen LogP contribution < -0.4 is 22.1 Å². The lowest BCUT2D eigenvalue weighted by Gasteiger charge is -2.08. The summed E-state index contributed by atoms with van der Waals surface area (Å²) in [5.41, 5.74) is 10.0. The average molecular weight is 1300 g/mol. The summed E-state index contributed by atoms with van der Waals surface area (Å²) < 4.78 is 132. The Morgan fingerprint density at radius 3 is 1.18 bits per heavy atom. The summed E-state index contributed by atoms with van der Waals surface area (Å²) >= 11 is 20.7. The zero-order chi connectivity index (χ0) is 55.8. The monoisotopic (exact) mass is 1300 g/mol. The first kappa shape index (κ1) is 74.0. The fourth-order valence-corrected chi connectivity index (χ4v) is 5.98. The number of carbonyl (C=O) groups is 3. The number of alkyl halides is 2. The van der Waals surface area contributed by atoms with Crippen LogP contribution in [-0.2, 0) is 6.42 Å². The van der Waals surface area contributed by atoms with Crippen LogP contribution in [0.5, 0.6) is 0 Å². The predicted molar refractivity (Wildman–Crippen MR) is 301 cm³/mol. The van der Waals surface area contributed by atoms with Crippen LogP contribution in [0.1, 0.15) is 72.0 Å². The molecule has 0 spiro atoms. The van der Waals surface area contributed by atoms with Crippen molar-refractivity contribution in [1.29, 1.82) is 0 Å². The van der Waals surface area contributed by atoms with Crippen molar-refractivity contribution in [2.45, 2.75) is 36.1 Å². The van der Waals surface area contributed by atoms with Gasteiger partial charge in [-0.15, -0.1) is 23.2 Å². The van der Waals surface area contributed by atoms with Crippen LogP contribution >= 0.6 is 66.7 Å². The topological polar surface area (TPSA) is 166 Å². The maximum Gasteiger partial charge on any atom is 0.261 e. The fraction of sp³-hybridized carbons (Fsp3) is 0.111. The molecule has 0 unspecified atom stereocenters. The summed E-state index contributed by atoms with van der Waals surface area (Å²) in [6, 6.07) is 25.3. The van der Waals surface area contributed by atoms with Gasteiger partial charge in [0.1, 0.15) is 84.1 Å². The second-order valence-corrected chi connectivity index (χ2v) is 16.7. The van der Waals surface area contributed by atoms with E-state index in [1.165, 1.54) is 30.6 Å². The lowest BCUT2D eigenvalue weighted by molar-refractivity contribution is 0.101.